The maximum atomic E-state index is 10.5. The fourth-order valence-electron chi connectivity index (χ4n) is 1.85. The smallest absolute Gasteiger partial charge is 0.328 e. The first-order valence-corrected chi connectivity index (χ1v) is 6.84. The van der Waals surface area contributed by atoms with E-state index in [0.717, 1.165) is 22.8 Å². The number of halogens is 1. The van der Waals surface area contributed by atoms with Crippen molar-refractivity contribution in [1.82, 2.24) is 0 Å². The molecule has 2 aromatic rings. The highest BCUT2D eigenvalue weighted by Gasteiger charge is 2.00. The number of carboxylic acid groups (broad SMARTS) is 1. The molecule has 21 heavy (non-hydrogen) atoms. The Morgan fingerprint density at radius 3 is 2.71 bits per heavy atom. The fraction of sp³-hybridized carbons (Fsp3) is 0.118. The fourth-order valence-corrected chi connectivity index (χ4v) is 2.04. The van der Waals surface area contributed by atoms with Gasteiger partial charge in [0, 0.05) is 11.1 Å². The van der Waals surface area contributed by atoms with Crippen molar-refractivity contribution in [3.63, 3.8) is 0 Å². The largest absolute Gasteiger partial charge is 0.478 e. The van der Waals surface area contributed by atoms with Crippen LogP contribution >= 0.6 is 11.6 Å². The Morgan fingerprint density at radius 2 is 1.95 bits per heavy atom. The number of hydrogen-bond acceptors (Lipinski definition) is 2. The lowest BCUT2D eigenvalue weighted by Gasteiger charge is -2.07. The van der Waals surface area contributed by atoms with Gasteiger partial charge in [-0.25, -0.2) is 4.79 Å². The predicted octanol–water partition coefficient (Wildman–Crippen LogP) is 4.15. The summed E-state index contributed by atoms with van der Waals surface area (Å²) in [5, 5.41) is 9.30. The van der Waals surface area contributed by atoms with E-state index in [1.807, 2.05) is 48.5 Å². The third-order valence-corrected chi connectivity index (χ3v) is 3.22. The topological polar surface area (TPSA) is 46.5 Å². The number of ether oxygens (including phenoxy) is 1. The Balaban J connectivity index is 1.93. The Morgan fingerprint density at radius 1 is 1.14 bits per heavy atom. The summed E-state index contributed by atoms with van der Waals surface area (Å²) in [6.45, 7) is 0.884. The van der Waals surface area contributed by atoms with Crippen LogP contribution in [0.3, 0.4) is 0 Å². The van der Waals surface area contributed by atoms with Crippen LogP contribution in [-0.4, -0.2) is 11.1 Å². The van der Waals surface area contributed by atoms with Gasteiger partial charge in [0.15, 0.2) is 0 Å². The summed E-state index contributed by atoms with van der Waals surface area (Å²) in [4.78, 5) is 10.5. The van der Waals surface area contributed by atoms with Gasteiger partial charge in [0.1, 0.15) is 0 Å². The average molecular weight is 303 g/mol. The molecule has 0 saturated heterocycles. The van der Waals surface area contributed by atoms with Gasteiger partial charge in [-0.3, -0.25) is 0 Å². The molecule has 0 spiro atoms. The molecule has 108 valence electrons. The summed E-state index contributed by atoms with van der Waals surface area (Å²) in [6, 6.07) is 15.1. The number of benzene rings is 2. The van der Waals surface area contributed by atoms with Gasteiger partial charge in [0.25, 0.3) is 0 Å². The minimum atomic E-state index is -0.963. The summed E-state index contributed by atoms with van der Waals surface area (Å²) >= 11 is 6.06. The van der Waals surface area contributed by atoms with E-state index >= 15 is 0 Å². The van der Waals surface area contributed by atoms with Crippen molar-refractivity contribution in [3.05, 3.63) is 76.3 Å². The summed E-state index contributed by atoms with van der Waals surface area (Å²) in [5.41, 5.74) is 2.76. The molecule has 0 aromatic heterocycles. The van der Waals surface area contributed by atoms with Crippen LogP contribution in [0.1, 0.15) is 16.7 Å². The molecule has 0 aliphatic rings. The maximum absolute atomic E-state index is 10.5. The first kappa shape index (κ1) is 15.3. The second-order valence-electron chi connectivity index (χ2n) is 4.50. The minimum absolute atomic E-state index is 0.439. The van der Waals surface area contributed by atoms with Gasteiger partial charge >= 0.3 is 5.97 Å². The van der Waals surface area contributed by atoms with E-state index in [1.165, 1.54) is 0 Å². The molecule has 4 heteroatoms. The molecular weight excluding hydrogens is 288 g/mol. The van der Waals surface area contributed by atoms with Crippen molar-refractivity contribution in [2.45, 2.75) is 13.2 Å². The molecule has 3 nitrogen and oxygen atoms in total. The van der Waals surface area contributed by atoms with Gasteiger partial charge in [0.05, 0.1) is 13.2 Å². The SMILES string of the molecule is O=C(O)C=Cc1cccc(COCc2ccccc2Cl)c1. The van der Waals surface area contributed by atoms with Crippen LogP contribution < -0.4 is 0 Å². The first-order chi connectivity index (χ1) is 10.1. The summed E-state index contributed by atoms with van der Waals surface area (Å²) < 4.78 is 5.64. The number of carboxylic acids is 1. The van der Waals surface area contributed by atoms with Crippen molar-refractivity contribution < 1.29 is 14.6 Å². The van der Waals surface area contributed by atoms with Gasteiger partial charge in [-0.1, -0.05) is 48.0 Å². The lowest BCUT2D eigenvalue weighted by atomic mass is 10.1. The maximum Gasteiger partial charge on any atom is 0.328 e. The molecule has 0 aliphatic heterocycles. The molecule has 0 heterocycles. The summed E-state index contributed by atoms with van der Waals surface area (Å²) in [7, 11) is 0. The quantitative estimate of drug-likeness (QED) is 0.815. The molecule has 1 N–H and O–H groups in total. The van der Waals surface area contributed by atoms with E-state index in [-0.39, 0.29) is 0 Å². The normalized spacial score (nSPS) is 10.9. The van der Waals surface area contributed by atoms with E-state index in [0.29, 0.717) is 18.2 Å². The second kappa shape index (κ2) is 7.62. The van der Waals surface area contributed by atoms with Crippen LogP contribution in [0.4, 0.5) is 0 Å². The highest BCUT2D eigenvalue weighted by atomic mass is 35.5. The van der Waals surface area contributed by atoms with E-state index in [4.69, 9.17) is 21.4 Å². The van der Waals surface area contributed by atoms with E-state index in [1.54, 1.807) is 6.08 Å². The van der Waals surface area contributed by atoms with Crippen LogP contribution in [0, 0.1) is 0 Å². The van der Waals surface area contributed by atoms with Crippen molar-refractivity contribution >= 4 is 23.6 Å². The van der Waals surface area contributed by atoms with Crippen LogP contribution in [-0.2, 0) is 22.7 Å². The van der Waals surface area contributed by atoms with Crippen molar-refractivity contribution in [1.29, 1.82) is 0 Å². The Bertz CT molecular complexity index is 650. The monoisotopic (exact) mass is 302 g/mol. The Hall–Kier alpha value is -2.10. The number of carbonyl (C=O) groups is 1. The molecule has 2 aromatic carbocycles. The molecule has 0 saturated carbocycles. The molecule has 0 fully saturated rings. The Labute approximate surface area is 128 Å². The van der Waals surface area contributed by atoms with E-state index in [9.17, 15) is 4.79 Å². The van der Waals surface area contributed by atoms with Crippen LogP contribution in [0.2, 0.25) is 5.02 Å². The lowest BCUT2D eigenvalue weighted by molar-refractivity contribution is -0.131. The molecule has 0 aliphatic carbocycles. The van der Waals surface area contributed by atoms with Crippen molar-refractivity contribution in [3.8, 4) is 0 Å². The van der Waals surface area contributed by atoms with Crippen LogP contribution in [0.25, 0.3) is 6.08 Å². The highest BCUT2D eigenvalue weighted by molar-refractivity contribution is 6.31. The lowest BCUT2D eigenvalue weighted by Crippen LogP contribution is -1.95. The number of aliphatic carboxylic acids is 1. The minimum Gasteiger partial charge on any atom is -0.478 e. The molecule has 0 radical (unpaired) electrons. The van der Waals surface area contributed by atoms with Crippen molar-refractivity contribution in [2.75, 3.05) is 0 Å². The second-order valence-corrected chi connectivity index (χ2v) is 4.91. The molecule has 0 atom stereocenters. The van der Waals surface area contributed by atoms with Crippen LogP contribution in [0.15, 0.2) is 54.6 Å². The van der Waals surface area contributed by atoms with Gasteiger partial charge in [0.2, 0.25) is 0 Å². The van der Waals surface area contributed by atoms with E-state index in [2.05, 4.69) is 0 Å². The molecule has 0 bridgehead atoms. The highest BCUT2D eigenvalue weighted by Crippen LogP contribution is 2.16. The first-order valence-electron chi connectivity index (χ1n) is 6.46. The molecular formula is C17H15ClO3. The molecule has 2 rings (SSSR count). The van der Waals surface area contributed by atoms with Gasteiger partial charge < -0.3 is 9.84 Å². The van der Waals surface area contributed by atoms with Crippen molar-refractivity contribution in [2.24, 2.45) is 0 Å². The predicted molar refractivity (Wildman–Crippen MR) is 83.1 cm³/mol. The molecule has 0 unspecified atom stereocenters. The average Bonchev–Trinajstić information content (AvgIpc) is 2.48. The zero-order valence-corrected chi connectivity index (χ0v) is 12.1. The summed E-state index contributed by atoms with van der Waals surface area (Å²) in [5.74, 6) is -0.963. The zero-order valence-electron chi connectivity index (χ0n) is 11.3. The standard InChI is InChI=1S/C17H15ClO3/c18-16-7-2-1-6-15(16)12-21-11-14-5-3-4-13(10-14)8-9-17(19)20/h1-10H,11-12H2,(H,19,20). The number of rotatable bonds is 6. The Kier molecular flexibility index (Phi) is 5.55. The zero-order chi connectivity index (χ0) is 15.1. The van der Waals surface area contributed by atoms with Gasteiger partial charge in [-0.15, -0.1) is 0 Å². The third-order valence-electron chi connectivity index (χ3n) is 2.85. The number of hydrogen-bond donors (Lipinski definition) is 1. The summed E-state index contributed by atoms with van der Waals surface area (Å²) in [6.07, 6.45) is 2.67. The van der Waals surface area contributed by atoms with Gasteiger partial charge in [-0.2, -0.15) is 0 Å². The molecule has 0 amide bonds. The van der Waals surface area contributed by atoms with Crippen LogP contribution in [0.5, 0.6) is 0 Å². The third kappa shape index (κ3) is 5.06. The van der Waals surface area contributed by atoms with E-state index < -0.39 is 5.97 Å². The van der Waals surface area contributed by atoms with Gasteiger partial charge in [-0.05, 0) is 34.9 Å².